The van der Waals surface area contributed by atoms with Gasteiger partial charge in [0.25, 0.3) is 29.3 Å². The van der Waals surface area contributed by atoms with Crippen molar-refractivity contribution in [3.05, 3.63) is 51.5 Å². The van der Waals surface area contributed by atoms with Crippen molar-refractivity contribution in [2.75, 3.05) is 14.1 Å². The van der Waals surface area contributed by atoms with Gasteiger partial charge >= 0.3 is 0 Å². The highest BCUT2D eigenvalue weighted by atomic mass is 32.1. The lowest BCUT2D eigenvalue weighted by molar-refractivity contribution is -0.138. The molecule has 0 radical (unpaired) electrons. The number of nitrogens with zero attached hydrogens (tertiary/aromatic N) is 6. The van der Waals surface area contributed by atoms with Crippen LogP contribution in [0.15, 0.2) is 44.5 Å². The maximum absolute atomic E-state index is 12.9. The van der Waals surface area contributed by atoms with Gasteiger partial charge in [0, 0.05) is 29.9 Å². The van der Waals surface area contributed by atoms with Gasteiger partial charge in [-0.1, -0.05) is 0 Å². The van der Waals surface area contributed by atoms with E-state index in [2.05, 4.69) is 14.8 Å². The number of likely N-dealkylation sites (N-methyl/N-ethyl adjacent to an activating group) is 2. The molecule has 0 bridgehead atoms. The van der Waals surface area contributed by atoms with E-state index < -0.39 is 29.2 Å². The molecule has 7 rings (SSSR count). The Morgan fingerprint density at radius 1 is 0.826 bits per heavy atom. The molecule has 0 saturated heterocycles. The number of amides is 4. The second-order valence-corrected chi connectivity index (χ2v) is 15.4. The second kappa shape index (κ2) is 10.1. The Labute approximate surface area is 277 Å². The zero-order chi connectivity index (χ0) is 33.0. The van der Waals surface area contributed by atoms with Crippen molar-refractivity contribution in [2.24, 2.45) is 9.98 Å². The number of hydrogen-bond acceptors (Lipinski definition) is 12. The van der Waals surface area contributed by atoms with Gasteiger partial charge in [0.2, 0.25) is 0 Å². The quantitative estimate of drug-likeness (QED) is 0.170. The third kappa shape index (κ3) is 4.09. The maximum Gasteiger partial charge on any atom is 0.279 e. The Balaban J connectivity index is 1.31. The minimum Gasteiger partial charge on any atom is -0.480 e. The van der Waals surface area contributed by atoms with E-state index in [-0.39, 0.29) is 33.8 Å². The molecule has 0 N–H and O–H groups in total. The predicted molar refractivity (Wildman–Crippen MR) is 179 cm³/mol. The molecular formula is C31H20N6O5S4. The Morgan fingerprint density at radius 3 is 1.98 bits per heavy atom. The average molecular weight is 685 g/mol. The first kappa shape index (κ1) is 29.9. The van der Waals surface area contributed by atoms with Crippen molar-refractivity contribution in [2.45, 2.75) is 33.3 Å². The number of fused-ring (bicyclic) bond motifs is 7. The zero-order valence-electron chi connectivity index (χ0n) is 25.0. The molecule has 4 amide bonds. The largest absolute Gasteiger partial charge is 0.480 e. The van der Waals surface area contributed by atoms with Gasteiger partial charge in [-0.2, -0.15) is 5.26 Å². The van der Waals surface area contributed by atoms with E-state index in [4.69, 9.17) is 11.3 Å². The Hall–Kier alpha value is -4.80. The number of nitriles is 1. The summed E-state index contributed by atoms with van der Waals surface area (Å²) in [5, 5.41) is 10.6. The lowest BCUT2D eigenvalue weighted by Gasteiger charge is -2.31. The molecule has 0 atom stereocenters. The Kier molecular flexibility index (Phi) is 6.56. The van der Waals surface area contributed by atoms with Crippen molar-refractivity contribution in [3.8, 4) is 21.6 Å². The highest BCUT2D eigenvalue weighted by Crippen LogP contribution is 2.60. The third-order valence-corrected chi connectivity index (χ3v) is 12.7. The summed E-state index contributed by atoms with van der Waals surface area (Å²) >= 11 is 5.98. The topological polar surface area (TPSA) is 137 Å². The van der Waals surface area contributed by atoms with Gasteiger partial charge in [0.05, 0.1) is 30.4 Å². The minimum atomic E-state index is -0.719. The molecule has 228 valence electrons. The highest BCUT2D eigenvalue weighted by molar-refractivity contribution is 7.36. The van der Waals surface area contributed by atoms with E-state index in [0.717, 1.165) is 49.7 Å². The summed E-state index contributed by atoms with van der Waals surface area (Å²) in [5.41, 5.74) is 0.746. The van der Waals surface area contributed by atoms with Crippen LogP contribution < -0.4 is 4.74 Å². The number of aliphatic imine (C=N–C) groups is 2. The van der Waals surface area contributed by atoms with Crippen molar-refractivity contribution < 1.29 is 23.9 Å². The number of carbonyl (C=O) groups is 4. The number of carbonyl (C=O) groups excluding carboxylic acids is 4. The van der Waals surface area contributed by atoms with Gasteiger partial charge in [-0.05, 0) is 45.4 Å². The fraction of sp³-hybridized carbons (Fsp3) is 0.226. The minimum absolute atomic E-state index is 0.0694. The summed E-state index contributed by atoms with van der Waals surface area (Å²) in [7, 11) is 2.68. The SMILES string of the molecule is [C-]#[N+]C1=C(C)C(=Nc2cc3sc4c(c3s2)OC(C)(C)c2c-4sc3cc(N=C4C(=O)N(C)C(=O)C(C#N)=C4C)sc23)C(=O)N(C)C1=O. The normalized spacial score (nSPS) is 19.8. The van der Waals surface area contributed by atoms with E-state index >= 15 is 0 Å². The predicted octanol–water partition coefficient (Wildman–Crippen LogP) is 6.71. The second-order valence-electron chi connectivity index (χ2n) is 11.2. The van der Waals surface area contributed by atoms with Crippen LogP contribution in [-0.4, -0.2) is 58.9 Å². The standard InChI is InChI=1S/C31H20N6O5S4/c1-11-13(10-32)27(38)36(6)29(40)20(11)34-16-8-14-23(45-16)18-25(43-14)26-22(42-31(18,3)4)24-15(44-26)9-17(46-24)35-21-12(2)19(33-5)28(39)37(7)30(21)41/h8-9H,1-4,6-7H3. The van der Waals surface area contributed by atoms with E-state index in [1.54, 1.807) is 36.5 Å². The fourth-order valence-corrected chi connectivity index (χ4v) is 10.9. The number of thiophene rings is 4. The molecule has 46 heavy (non-hydrogen) atoms. The van der Waals surface area contributed by atoms with Crippen LogP contribution >= 0.6 is 45.3 Å². The molecule has 3 aliphatic rings. The first-order valence-electron chi connectivity index (χ1n) is 13.6. The van der Waals surface area contributed by atoms with Gasteiger partial charge in [0.1, 0.15) is 38.7 Å². The van der Waals surface area contributed by atoms with Crippen LogP contribution in [0, 0.1) is 17.9 Å². The van der Waals surface area contributed by atoms with Crippen molar-refractivity contribution in [1.29, 1.82) is 5.26 Å². The molecule has 0 aliphatic carbocycles. The number of hydrogen-bond donors (Lipinski definition) is 0. The monoisotopic (exact) mass is 684 g/mol. The van der Waals surface area contributed by atoms with Gasteiger partial charge < -0.3 is 4.74 Å². The number of ether oxygens (including phenoxy) is 1. The molecule has 15 heteroatoms. The zero-order valence-corrected chi connectivity index (χ0v) is 28.3. The molecule has 0 saturated carbocycles. The highest BCUT2D eigenvalue weighted by Gasteiger charge is 2.41. The molecule has 0 aromatic carbocycles. The van der Waals surface area contributed by atoms with Crippen LogP contribution in [0.1, 0.15) is 33.3 Å². The third-order valence-electron chi connectivity index (χ3n) is 7.97. The molecule has 0 fully saturated rings. The summed E-state index contributed by atoms with van der Waals surface area (Å²) in [6.07, 6.45) is 0. The average Bonchev–Trinajstić information content (AvgIpc) is 3.75. The molecule has 0 spiro atoms. The van der Waals surface area contributed by atoms with Gasteiger partial charge in [0.15, 0.2) is 5.75 Å². The van der Waals surface area contributed by atoms with Crippen molar-refractivity contribution in [1.82, 2.24) is 9.80 Å². The number of rotatable bonds is 2. The van der Waals surface area contributed by atoms with Gasteiger partial charge in [-0.25, -0.2) is 14.8 Å². The molecule has 4 aromatic rings. The maximum atomic E-state index is 12.9. The summed E-state index contributed by atoms with van der Waals surface area (Å²) in [6.45, 7) is 14.5. The van der Waals surface area contributed by atoms with Gasteiger partial charge in [-0.3, -0.25) is 29.0 Å². The van der Waals surface area contributed by atoms with E-state index in [9.17, 15) is 24.4 Å². The van der Waals surface area contributed by atoms with E-state index in [0.29, 0.717) is 10.0 Å². The van der Waals surface area contributed by atoms with Crippen LogP contribution in [0.5, 0.6) is 5.75 Å². The lowest BCUT2D eigenvalue weighted by atomic mass is 9.95. The van der Waals surface area contributed by atoms with E-state index in [1.165, 1.54) is 36.8 Å². The lowest BCUT2D eigenvalue weighted by Crippen LogP contribution is -2.44. The van der Waals surface area contributed by atoms with Crippen LogP contribution in [0.4, 0.5) is 10.0 Å². The van der Waals surface area contributed by atoms with Crippen molar-refractivity contribution >= 4 is 109 Å². The van der Waals surface area contributed by atoms with Crippen LogP contribution in [0.25, 0.3) is 33.4 Å². The smallest absolute Gasteiger partial charge is 0.279 e. The first-order valence-corrected chi connectivity index (χ1v) is 16.9. The van der Waals surface area contributed by atoms with Crippen LogP contribution in [0.3, 0.4) is 0 Å². The summed E-state index contributed by atoms with van der Waals surface area (Å²) in [5.74, 6) is -1.63. The van der Waals surface area contributed by atoms with Crippen LogP contribution in [0.2, 0.25) is 0 Å². The fourth-order valence-electron chi connectivity index (χ4n) is 5.54. The summed E-state index contributed by atoms with van der Waals surface area (Å²) < 4.78 is 10.5. The summed E-state index contributed by atoms with van der Waals surface area (Å²) in [6, 6.07) is 5.69. The Bertz CT molecular complexity index is 2380. The molecule has 11 nitrogen and oxygen atoms in total. The molecule has 0 unspecified atom stereocenters. The molecule has 3 aliphatic heterocycles. The Morgan fingerprint density at radius 2 is 1.37 bits per heavy atom. The van der Waals surface area contributed by atoms with Crippen molar-refractivity contribution in [3.63, 3.8) is 0 Å². The van der Waals surface area contributed by atoms with Gasteiger partial charge in [-0.15, -0.1) is 45.3 Å². The first-order chi connectivity index (χ1) is 21.8. The molecular weight excluding hydrogens is 665 g/mol. The summed E-state index contributed by atoms with van der Waals surface area (Å²) in [4.78, 5) is 66.9. The van der Waals surface area contributed by atoms with Crippen LogP contribution in [-0.2, 0) is 24.8 Å². The van der Waals surface area contributed by atoms with E-state index in [1.807, 2.05) is 32.0 Å². The molecule has 4 aromatic heterocycles. The number of imide groups is 2. The molecule has 7 heterocycles.